The Kier molecular flexibility index (Phi) is 29.9. The lowest BCUT2D eigenvalue weighted by Gasteiger charge is -2.51. The van der Waals surface area contributed by atoms with Crippen LogP contribution in [0.2, 0.25) is 0 Å². The monoisotopic (exact) mass is 1510 g/mol. The van der Waals surface area contributed by atoms with Gasteiger partial charge in [0, 0.05) is 27.2 Å². The first-order valence-electron chi connectivity index (χ1n) is 32.6. The van der Waals surface area contributed by atoms with Crippen LogP contribution in [0.15, 0.2) is 0 Å². The molecule has 46 heteroatoms. The predicted octanol–water partition coefficient (Wildman–Crippen LogP) is -17.8. The van der Waals surface area contributed by atoms with Gasteiger partial charge in [0.05, 0.1) is 64.5 Å². The van der Waals surface area contributed by atoms with Crippen molar-refractivity contribution in [1.29, 1.82) is 0 Å². The number of carboxylic acid groups (broad SMARTS) is 1. The number of hydrogen-bond acceptors (Lipinski definition) is 42. The molecule has 41 atom stereocenters. The fourth-order valence-electron chi connectivity index (χ4n) is 13.1. The molecule has 46 nitrogen and oxygen atoms in total. The van der Waals surface area contributed by atoms with Crippen molar-refractivity contribution in [2.24, 2.45) is 0 Å². The van der Waals surface area contributed by atoms with Crippen LogP contribution in [0.4, 0.5) is 0 Å². The number of carbonyl (C=O) groups excluding carboxylic acids is 3. The topological polar surface area (TPSA) is 728 Å². The molecule has 0 aliphatic carbocycles. The van der Waals surface area contributed by atoms with E-state index in [9.17, 15) is 142 Å². The molecular weight excluding hydrogens is 1410 g/mol. The summed E-state index contributed by atoms with van der Waals surface area (Å²) >= 11 is 0. The quantitative estimate of drug-likeness (QED) is 0.0363. The fourth-order valence-corrected chi connectivity index (χ4v) is 13.1. The van der Waals surface area contributed by atoms with Gasteiger partial charge in [-0.15, -0.1) is 0 Å². The molecule has 27 N–H and O–H groups in total. The van der Waals surface area contributed by atoms with E-state index in [0.29, 0.717) is 0 Å². The zero-order valence-electron chi connectivity index (χ0n) is 55.2. The summed E-state index contributed by atoms with van der Waals surface area (Å²) in [5.41, 5.74) is 0. The minimum Gasteiger partial charge on any atom is -0.477 e. The van der Waals surface area contributed by atoms with Gasteiger partial charge in [-0.25, -0.2) is 4.79 Å². The lowest BCUT2D eigenvalue weighted by atomic mass is 9.88. The maximum absolute atomic E-state index is 13.5. The second kappa shape index (κ2) is 36.3. The number of aliphatic hydroxyl groups excluding tert-OH is 23. The standard InChI is InChI=1S/C57H95N3O43/c1-13-28(71)35(78)40(83)52(91-13)102-48-37(80)31(74)20(8-63)94-55(48)100-45-24(12-90-57(56(87)88)5-17(69)25(58-14(2)66)46(103-57)29(72)18(70)6-61)97-50(26(33(45)76)59-15(3)67)89-11-23-32(75)47(42(85)54(96-23)99-44-21(9-64)92-49(86)39(82)38(44)81)101-51-27(60-16(4)68)34(77)43(22(10-65)95-51)98-53-41(84)36(79)30(73)19(7-62)93-53/h13,17-55,61-65,69-86H,5-12H2,1-4H3,(H,58,66)(H,59,67)(H,60,68)(H,87,88)/t13-,17-,18+,19+,20+,21+,22+,23+,24+,25+,26+,27+,28+,29+,30-,31-,32-,33+,34+,35+,36-,37-,38+,39+,40-,41+,42+,43+,44+,45+,46+,47-,48+,49-,50+,51-,52-,53-,54-,55-,57+/m0/s1. The van der Waals surface area contributed by atoms with Crippen molar-refractivity contribution in [2.45, 2.75) is 285 Å². The smallest absolute Gasteiger partial charge is 0.364 e. The molecule has 8 aliphatic heterocycles. The van der Waals surface area contributed by atoms with E-state index in [2.05, 4.69) is 16.0 Å². The van der Waals surface area contributed by atoms with E-state index in [4.69, 9.17) is 71.1 Å². The molecule has 3 amide bonds. The van der Waals surface area contributed by atoms with Crippen molar-refractivity contribution in [3.8, 4) is 0 Å². The number of carboxylic acids is 1. The number of amides is 3. The SMILES string of the molecule is CC(=O)N[C@H]1[C@H](O[C@H]2[C@@H](O)[C@@H](CO[C@@H]3O[C@H](CO[C@]4(C(=O)O)C[C@H](O)[C@@H](NC(C)=O)[C@H]([C@H](O)[C@H](O)CO)O4)[C@@H](O[C@@H]4O[C@H](CO)[C@H](O)[C@H](O)[C@H]4O[C@@H]4O[C@@H](C)[C@@H](O)[C@@H](O)[C@@H]4O)[C@H](O)[C@H]3NC(C)=O)O[C@@H](O[C@H]3[C@H](O)[C@@H](O)[C@@H](O)O[C@@H]3CO)[C@@H]2O)O[C@H](CO)[C@@H](O[C@@H]2O[C@H](CO)[C@H](O)[C@H](O)[C@H]2O)[C@@H]1O. The first-order chi connectivity index (χ1) is 48.5. The van der Waals surface area contributed by atoms with Crippen LogP contribution in [-0.2, 0) is 90.2 Å². The summed E-state index contributed by atoms with van der Waals surface area (Å²) in [4.78, 5) is 52.0. The van der Waals surface area contributed by atoms with Crippen LogP contribution >= 0.6 is 0 Å². The van der Waals surface area contributed by atoms with Crippen LogP contribution < -0.4 is 16.0 Å². The average molecular weight is 1510 g/mol. The number of aliphatic carboxylic acids is 1. The molecule has 0 bridgehead atoms. The summed E-state index contributed by atoms with van der Waals surface area (Å²) in [6.07, 6.45) is -78.6. The van der Waals surface area contributed by atoms with E-state index >= 15 is 0 Å². The van der Waals surface area contributed by atoms with Crippen LogP contribution in [0.1, 0.15) is 34.1 Å². The van der Waals surface area contributed by atoms with Gasteiger partial charge in [0.2, 0.25) is 17.7 Å². The van der Waals surface area contributed by atoms with Gasteiger partial charge in [-0.05, 0) is 6.92 Å². The molecular formula is C57H95N3O43. The normalized spacial score (nSPS) is 48.3. The van der Waals surface area contributed by atoms with Gasteiger partial charge in [-0.3, -0.25) is 14.4 Å². The summed E-state index contributed by atoms with van der Waals surface area (Å²) < 4.78 is 88.0. The number of ether oxygens (including phenoxy) is 15. The van der Waals surface area contributed by atoms with Crippen molar-refractivity contribution >= 4 is 23.7 Å². The Labute approximate surface area is 582 Å². The maximum Gasteiger partial charge on any atom is 0.364 e. The molecule has 0 radical (unpaired) electrons. The highest BCUT2D eigenvalue weighted by atomic mass is 16.8. The second-order valence-electron chi connectivity index (χ2n) is 26.1. The molecule has 8 rings (SSSR count). The van der Waals surface area contributed by atoms with Crippen LogP contribution in [0, 0.1) is 0 Å². The average Bonchev–Trinajstić information content (AvgIpc) is 0.772. The van der Waals surface area contributed by atoms with Crippen LogP contribution in [0.5, 0.6) is 0 Å². The Morgan fingerprint density at radius 1 is 0.417 bits per heavy atom. The van der Waals surface area contributed by atoms with Crippen molar-refractivity contribution < 1.29 is 213 Å². The number of rotatable bonds is 27. The second-order valence-corrected chi connectivity index (χ2v) is 26.1. The molecule has 8 saturated heterocycles. The fraction of sp³-hybridized carbons (Fsp3) is 0.930. The van der Waals surface area contributed by atoms with Gasteiger partial charge >= 0.3 is 5.97 Å². The summed E-state index contributed by atoms with van der Waals surface area (Å²) in [7, 11) is 0. The van der Waals surface area contributed by atoms with Crippen LogP contribution in [-0.4, -0.2) is 444 Å². The summed E-state index contributed by atoms with van der Waals surface area (Å²) in [6.45, 7) is -4.02. The zero-order chi connectivity index (χ0) is 76.3. The Bertz CT molecular complexity index is 2720. The number of aliphatic hydroxyl groups is 23. The lowest BCUT2D eigenvalue weighted by Crippen LogP contribution is -2.70. The number of hydrogen-bond donors (Lipinski definition) is 27. The predicted molar refractivity (Wildman–Crippen MR) is 315 cm³/mol. The molecule has 0 spiro atoms. The minimum absolute atomic E-state index is 0.886. The van der Waals surface area contributed by atoms with E-state index in [0.717, 1.165) is 20.8 Å². The van der Waals surface area contributed by atoms with Crippen molar-refractivity contribution in [2.75, 3.05) is 46.2 Å². The number of nitrogens with one attached hydrogen (secondary N) is 3. The van der Waals surface area contributed by atoms with Gasteiger partial charge in [-0.2, -0.15) is 0 Å². The molecule has 8 heterocycles. The van der Waals surface area contributed by atoms with Gasteiger partial charge in [-0.1, -0.05) is 0 Å². The van der Waals surface area contributed by atoms with Gasteiger partial charge in [0.15, 0.2) is 44.0 Å². The third-order valence-electron chi connectivity index (χ3n) is 18.8. The number of carbonyl (C=O) groups is 4. The Hall–Kier alpha value is -3.64. The van der Waals surface area contributed by atoms with E-state index in [1.807, 2.05) is 0 Å². The highest BCUT2D eigenvalue weighted by molar-refractivity contribution is 5.77. The van der Waals surface area contributed by atoms with Crippen molar-refractivity contribution in [1.82, 2.24) is 16.0 Å². The van der Waals surface area contributed by atoms with Crippen molar-refractivity contribution in [3.05, 3.63) is 0 Å². The van der Waals surface area contributed by atoms with Crippen LogP contribution in [0.25, 0.3) is 0 Å². The molecule has 596 valence electrons. The van der Waals surface area contributed by atoms with Crippen LogP contribution in [0.3, 0.4) is 0 Å². The molecule has 8 aliphatic rings. The Morgan fingerprint density at radius 2 is 0.845 bits per heavy atom. The molecule has 0 aromatic heterocycles. The van der Waals surface area contributed by atoms with Crippen molar-refractivity contribution in [3.63, 3.8) is 0 Å². The molecule has 0 aromatic carbocycles. The highest BCUT2D eigenvalue weighted by Gasteiger charge is 2.61. The Balaban J connectivity index is 1.16. The third kappa shape index (κ3) is 18.6. The van der Waals surface area contributed by atoms with Gasteiger partial charge in [0.25, 0.3) is 5.79 Å². The van der Waals surface area contributed by atoms with Gasteiger partial charge < -0.3 is 210 Å². The molecule has 8 fully saturated rings. The lowest BCUT2D eigenvalue weighted by molar-refractivity contribution is -0.390. The Morgan fingerprint density at radius 3 is 1.40 bits per heavy atom. The highest BCUT2D eigenvalue weighted by Crippen LogP contribution is 2.40. The first-order valence-corrected chi connectivity index (χ1v) is 32.6. The third-order valence-corrected chi connectivity index (χ3v) is 18.8. The van der Waals surface area contributed by atoms with E-state index in [1.54, 1.807) is 0 Å². The summed E-state index contributed by atoms with van der Waals surface area (Å²) in [5, 5.41) is 270. The maximum atomic E-state index is 13.5. The summed E-state index contributed by atoms with van der Waals surface area (Å²) in [6, 6.07) is -5.76. The molecule has 0 aromatic rings. The molecule has 0 saturated carbocycles. The van der Waals surface area contributed by atoms with E-state index in [1.165, 1.54) is 6.92 Å². The summed E-state index contributed by atoms with van der Waals surface area (Å²) in [5.74, 6) is -8.23. The zero-order valence-corrected chi connectivity index (χ0v) is 55.2. The largest absolute Gasteiger partial charge is 0.477 e. The van der Waals surface area contributed by atoms with E-state index < -0.39 is 327 Å². The first kappa shape index (κ1) is 85.0. The minimum atomic E-state index is -3.25. The van der Waals surface area contributed by atoms with Gasteiger partial charge in [0.1, 0.15) is 183 Å². The molecule has 0 unspecified atom stereocenters. The molecule has 103 heavy (non-hydrogen) atoms. The van der Waals surface area contributed by atoms with E-state index in [-0.39, 0.29) is 0 Å².